The van der Waals surface area contributed by atoms with E-state index in [9.17, 15) is 0 Å². The van der Waals surface area contributed by atoms with Crippen LogP contribution in [0.1, 0.15) is 44.2 Å². The average molecular weight is 253 g/mol. The number of aromatic nitrogens is 1. The van der Waals surface area contributed by atoms with E-state index < -0.39 is 0 Å². The Morgan fingerprint density at radius 3 is 2.82 bits per heavy atom. The van der Waals surface area contributed by atoms with Crippen molar-refractivity contribution < 1.29 is 0 Å². The Hall–Kier alpha value is -0.610. The van der Waals surface area contributed by atoms with E-state index in [0.29, 0.717) is 18.5 Å². The highest BCUT2D eigenvalue weighted by molar-refractivity contribution is 7.15. The summed E-state index contributed by atoms with van der Waals surface area (Å²) in [5.74, 6) is 0.702. The number of anilines is 1. The number of nitrogens with two attached hydrogens (primary N) is 1. The molecule has 1 aromatic heterocycles. The number of nitrogens with zero attached hydrogens (tertiary/aromatic N) is 2. The van der Waals surface area contributed by atoms with Crippen LogP contribution in [0.15, 0.2) is 0 Å². The molecule has 0 aromatic carbocycles. The van der Waals surface area contributed by atoms with E-state index >= 15 is 0 Å². The van der Waals surface area contributed by atoms with Crippen LogP contribution in [0.5, 0.6) is 0 Å². The maximum atomic E-state index is 5.78. The first-order valence-corrected chi connectivity index (χ1v) is 7.44. The molecule has 1 aliphatic rings. The zero-order chi connectivity index (χ0) is 12.4. The van der Waals surface area contributed by atoms with Gasteiger partial charge in [0.1, 0.15) is 0 Å². The summed E-state index contributed by atoms with van der Waals surface area (Å²) in [5, 5.41) is 1.19. The maximum absolute atomic E-state index is 5.78. The van der Waals surface area contributed by atoms with Crippen molar-refractivity contribution in [2.24, 2.45) is 11.7 Å². The summed E-state index contributed by atoms with van der Waals surface area (Å²) in [6.45, 7) is 8.55. The minimum absolute atomic E-state index is 0.626. The Kier molecular flexibility index (Phi) is 4.05. The van der Waals surface area contributed by atoms with Crippen molar-refractivity contribution in [2.75, 3.05) is 11.4 Å². The van der Waals surface area contributed by atoms with Gasteiger partial charge in [-0.1, -0.05) is 20.8 Å². The number of hydrogen-bond donors (Lipinski definition) is 1. The number of aryl methyl sites for hydroxylation is 1. The van der Waals surface area contributed by atoms with Gasteiger partial charge in [0.15, 0.2) is 5.13 Å². The molecule has 17 heavy (non-hydrogen) atoms. The summed E-state index contributed by atoms with van der Waals surface area (Å²) in [6, 6.07) is 0.663. The maximum Gasteiger partial charge on any atom is 0.186 e. The molecule has 2 heterocycles. The smallest absolute Gasteiger partial charge is 0.186 e. The van der Waals surface area contributed by atoms with E-state index in [1.807, 2.05) is 0 Å². The minimum Gasteiger partial charge on any atom is -0.345 e. The van der Waals surface area contributed by atoms with E-state index in [2.05, 4.69) is 25.7 Å². The topological polar surface area (TPSA) is 42.2 Å². The first kappa shape index (κ1) is 12.8. The van der Waals surface area contributed by atoms with Gasteiger partial charge in [-0.25, -0.2) is 4.98 Å². The molecule has 2 rings (SSSR count). The highest BCUT2D eigenvalue weighted by atomic mass is 32.1. The van der Waals surface area contributed by atoms with Crippen LogP contribution in [0.25, 0.3) is 0 Å². The quantitative estimate of drug-likeness (QED) is 0.897. The van der Waals surface area contributed by atoms with Gasteiger partial charge in [-0.2, -0.15) is 0 Å². The van der Waals surface area contributed by atoms with Gasteiger partial charge in [0.2, 0.25) is 0 Å². The van der Waals surface area contributed by atoms with Crippen LogP contribution in [0.2, 0.25) is 0 Å². The van der Waals surface area contributed by atoms with Crippen LogP contribution in [0.3, 0.4) is 0 Å². The van der Waals surface area contributed by atoms with Gasteiger partial charge in [-0.05, 0) is 25.2 Å². The molecule has 0 radical (unpaired) electrons. The number of rotatable bonds is 4. The van der Waals surface area contributed by atoms with Crippen molar-refractivity contribution in [1.29, 1.82) is 0 Å². The van der Waals surface area contributed by atoms with Crippen LogP contribution in [-0.2, 0) is 13.0 Å². The summed E-state index contributed by atoms with van der Waals surface area (Å²) >= 11 is 1.79. The Labute approximate surface area is 108 Å². The fourth-order valence-corrected chi connectivity index (χ4v) is 3.76. The van der Waals surface area contributed by atoms with Gasteiger partial charge in [0, 0.05) is 24.0 Å². The third-order valence-corrected chi connectivity index (χ3v) is 4.76. The molecular weight excluding hydrogens is 230 g/mol. The molecule has 0 aliphatic carbocycles. The average Bonchev–Trinajstić information content (AvgIpc) is 2.94. The Balaban J connectivity index is 2.24. The van der Waals surface area contributed by atoms with Crippen molar-refractivity contribution in [3.05, 3.63) is 10.6 Å². The Morgan fingerprint density at radius 2 is 2.29 bits per heavy atom. The van der Waals surface area contributed by atoms with Crippen molar-refractivity contribution in [3.8, 4) is 0 Å². The molecule has 1 fully saturated rings. The lowest BCUT2D eigenvalue weighted by Crippen LogP contribution is -2.33. The van der Waals surface area contributed by atoms with Gasteiger partial charge in [-0.15, -0.1) is 11.3 Å². The molecule has 1 atom stereocenters. The molecule has 0 amide bonds. The highest BCUT2D eigenvalue weighted by Gasteiger charge is 2.29. The molecule has 0 bridgehead atoms. The van der Waals surface area contributed by atoms with Crippen LogP contribution in [-0.4, -0.2) is 17.6 Å². The van der Waals surface area contributed by atoms with Crippen LogP contribution in [0.4, 0.5) is 5.13 Å². The van der Waals surface area contributed by atoms with Crippen molar-refractivity contribution in [2.45, 2.75) is 52.6 Å². The van der Waals surface area contributed by atoms with Crippen LogP contribution >= 0.6 is 11.3 Å². The molecule has 4 heteroatoms. The fourth-order valence-electron chi connectivity index (χ4n) is 2.65. The van der Waals surface area contributed by atoms with E-state index in [-0.39, 0.29) is 0 Å². The highest BCUT2D eigenvalue weighted by Crippen LogP contribution is 2.34. The molecule has 1 unspecified atom stereocenters. The SMILES string of the molecule is CCc1nc(N2CCCC2C(C)C)sc1CN. The minimum atomic E-state index is 0.626. The third-order valence-electron chi connectivity index (χ3n) is 3.60. The van der Waals surface area contributed by atoms with E-state index in [1.165, 1.54) is 28.5 Å². The monoisotopic (exact) mass is 253 g/mol. The molecule has 0 spiro atoms. The largest absolute Gasteiger partial charge is 0.345 e. The lowest BCUT2D eigenvalue weighted by Gasteiger charge is -2.27. The molecular formula is C13H23N3S. The van der Waals surface area contributed by atoms with E-state index in [1.54, 1.807) is 11.3 Å². The summed E-state index contributed by atoms with van der Waals surface area (Å²) in [4.78, 5) is 8.53. The summed E-state index contributed by atoms with van der Waals surface area (Å²) in [6.07, 6.45) is 3.59. The molecule has 2 N–H and O–H groups in total. The second-order valence-corrected chi connectivity index (χ2v) is 6.13. The zero-order valence-corrected chi connectivity index (χ0v) is 11.9. The van der Waals surface area contributed by atoms with Gasteiger partial charge in [0.05, 0.1) is 5.69 Å². The van der Waals surface area contributed by atoms with E-state index in [0.717, 1.165) is 13.0 Å². The second-order valence-electron chi connectivity index (χ2n) is 5.07. The van der Waals surface area contributed by atoms with Crippen molar-refractivity contribution in [3.63, 3.8) is 0 Å². The van der Waals surface area contributed by atoms with Crippen molar-refractivity contribution >= 4 is 16.5 Å². The predicted molar refractivity (Wildman–Crippen MR) is 74.6 cm³/mol. The first-order chi connectivity index (χ1) is 8.17. The normalized spacial score (nSPS) is 20.5. The number of hydrogen-bond acceptors (Lipinski definition) is 4. The van der Waals surface area contributed by atoms with Gasteiger partial charge < -0.3 is 10.6 Å². The van der Waals surface area contributed by atoms with Crippen LogP contribution < -0.4 is 10.6 Å². The molecule has 0 saturated carbocycles. The van der Waals surface area contributed by atoms with Crippen molar-refractivity contribution in [1.82, 2.24) is 4.98 Å². The molecule has 1 aromatic rings. The van der Waals surface area contributed by atoms with E-state index in [4.69, 9.17) is 10.7 Å². The molecule has 96 valence electrons. The molecule has 1 aliphatic heterocycles. The number of thiazole rings is 1. The lowest BCUT2D eigenvalue weighted by atomic mass is 10.0. The summed E-state index contributed by atoms with van der Waals surface area (Å²) in [5.41, 5.74) is 6.98. The lowest BCUT2D eigenvalue weighted by molar-refractivity contribution is 0.491. The van der Waals surface area contributed by atoms with Gasteiger partial charge in [-0.3, -0.25) is 0 Å². The summed E-state index contributed by atoms with van der Waals surface area (Å²) < 4.78 is 0. The standard InChI is InChI=1S/C13H23N3S/c1-4-10-12(8-14)17-13(15-10)16-7-5-6-11(16)9(2)3/h9,11H,4-8,14H2,1-3H3. The predicted octanol–water partition coefficient (Wildman–Crippen LogP) is 2.79. The Morgan fingerprint density at radius 1 is 1.53 bits per heavy atom. The molecule has 1 saturated heterocycles. The van der Waals surface area contributed by atoms with Gasteiger partial charge in [0.25, 0.3) is 0 Å². The molecule has 3 nitrogen and oxygen atoms in total. The Bertz CT molecular complexity index is 351. The van der Waals surface area contributed by atoms with Gasteiger partial charge >= 0.3 is 0 Å². The summed E-state index contributed by atoms with van der Waals surface area (Å²) in [7, 11) is 0. The third kappa shape index (κ3) is 2.47. The van der Waals surface area contributed by atoms with Crippen LogP contribution in [0, 0.1) is 5.92 Å². The fraction of sp³-hybridized carbons (Fsp3) is 0.769. The zero-order valence-electron chi connectivity index (χ0n) is 11.1. The second kappa shape index (κ2) is 5.36. The first-order valence-electron chi connectivity index (χ1n) is 6.62.